The van der Waals surface area contributed by atoms with Crippen LogP contribution in [0.1, 0.15) is 65.0 Å². The number of hydrogen-bond donors (Lipinski definition) is 2. The Balaban J connectivity index is 1.41. The van der Waals surface area contributed by atoms with Gasteiger partial charge in [0.1, 0.15) is 11.4 Å². The van der Waals surface area contributed by atoms with Crippen LogP contribution in [0, 0.1) is 11.8 Å². The highest BCUT2D eigenvalue weighted by molar-refractivity contribution is 5.99. The number of rotatable bonds is 5. The fraction of sp³-hybridized carbons (Fsp3) is 0.609. The molecule has 7 nitrogen and oxygen atoms in total. The number of guanidine groups is 1. The monoisotopic (exact) mass is 412 g/mol. The third kappa shape index (κ3) is 4.02. The average Bonchev–Trinajstić information content (AvgIpc) is 3.43. The summed E-state index contributed by atoms with van der Waals surface area (Å²) in [6, 6.07) is 7.84. The molecule has 1 fully saturated rings. The standard InChI is InChI=1S/C23H32N4O3/c1-5-23(4)11-17(15-8-6-7-9-18(15)30-23)25-20(29)16-10-14(16)13-27-19(28)12-22(2,3)26-21(27)24/h6-9,14,16-17H,5,10-13H2,1-4H3,(H2,24,26)(H,25,29)/t14-,16?,17+,23?/m1/s1. The number of ether oxygens (including phenoxy) is 1. The van der Waals surface area contributed by atoms with E-state index in [1.165, 1.54) is 0 Å². The molecule has 0 bridgehead atoms. The summed E-state index contributed by atoms with van der Waals surface area (Å²) < 4.78 is 6.20. The van der Waals surface area contributed by atoms with Gasteiger partial charge in [0.05, 0.1) is 18.0 Å². The Morgan fingerprint density at radius 2 is 2.07 bits per heavy atom. The number of carbonyl (C=O) groups excluding carboxylic acids is 2. The van der Waals surface area contributed by atoms with Crippen LogP contribution in [-0.4, -0.2) is 40.4 Å². The first-order valence-corrected chi connectivity index (χ1v) is 10.8. The Kier molecular flexibility index (Phi) is 5.03. The Morgan fingerprint density at radius 3 is 2.77 bits per heavy atom. The predicted octanol–water partition coefficient (Wildman–Crippen LogP) is 2.76. The maximum Gasteiger partial charge on any atom is 0.231 e. The lowest BCUT2D eigenvalue weighted by atomic mass is 9.86. The zero-order valence-corrected chi connectivity index (χ0v) is 18.3. The fourth-order valence-electron chi connectivity index (χ4n) is 4.54. The van der Waals surface area contributed by atoms with Crippen molar-refractivity contribution in [3.05, 3.63) is 29.8 Å². The molecule has 2 heterocycles. The van der Waals surface area contributed by atoms with E-state index in [-0.39, 0.29) is 41.3 Å². The van der Waals surface area contributed by atoms with Gasteiger partial charge in [-0.05, 0) is 45.6 Å². The van der Waals surface area contributed by atoms with Crippen molar-refractivity contribution in [3.63, 3.8) is 0 Å². The zero-order chi connectivity index (χ0) is 21.7. The van der Waals surface area contributed by atoms with Crippen LogP contribution in [0.5, 0.6) is 5.75 Å². The molecular weight excluding hydrogens is 380 g/mol. The number of nitrogens with zero attached hydrogens (tertiary/aromatic N) is 2. The molecule has 0 aromatic heterocycles. The van der Waals surface area contributed by atoms with Crippen LogP contribution in [0.2, 0.25) is 0 Å². The quantitative estimate of drug-likeness (QED) is 0.777. The summed E-state index contributed by atoms with van der Waals surface area (Å²) in [7, 11) is 0. The lowest BCUT2D eigenvalue weighted by Crippen LogP contribution is -2.50. The third-order valence-corrected chi connectivity index (χ3v) is 6.61. The number of amides is 2. The van der Waals surface area contributed by atoms with Gasteiger partial charge in [-0.3, -0.25) is 14.5 Å². The van der Waals surface area contributed by atoms with Crippen LogP contribution >= 0.6 is 0 Å². The van der Waals surface area contributed by atoms with Crippen molar-refractivity contribution >= 4 is 17.8 Å². The van der Waals surface area contributed by atoms with E-state index in [9.17, 15) is 9.59 Å². The number of aliphatic imine (C=N–C) groups is 1. The minimum atomic E-state index is -0.458. The first kappa shape index (κ1) is 20.7. The van der Waals surface area contributed by atoms with Gasteiger partial charge in [-0.2, -0.15) is 0 Å². The largest absolute Gasteiger partial charge is 0.487 e. The Morgan fingerprint density at radius 1 is 1.33 bits per heavy atom. The SMILES string of the molecule is CCC1(C)C[C@H](NC(=O)C2C[C@@H]2CN2C(=O)CC(C)(C)N=C2N)c2ccccc2O1. The van der Waals surface area contributed by atoms with Crippen molar-refractivity contribution in [2.75, 3.05) is 6.54 Å². The van der Waals surface area contributed by atoms with Crippen LogP contribution in [0.3, 0.4) is 0 Å². The van der Waals surface area contributed by atoms with Gasteiger partial charge in [-0.25, -0.2) is 4.99 Å². The molecule has 2 unspecified atom stereocenters. The molecule has 2 amide bonds. The van der Waals surface area contributed by atoms with E-state index < -0.39 is 5.54 Å². The van der Waals surface area contributed by atoms with Crippen LogP contribution in [0.4, 0.5) is 0 Å². The van der Waals surface area contributed by atoms with Gasteiger partial charge in [0.2, 0.25) is 11.8 Å². The normalized spacial score (nSPS) is 32.0. The predicted molar refractivity (Wildman–Crippen MR) is 115 cm³/mol. The number of nitrogens with two attached hydrogens (primary N) is 1. The maximum absolute atomic E-state index is 13.0. The van der Waals surface area contributed by atoms with Crippen molar-refractivity contribution in [2.24, 2.45) is 22.6 Å². The van der Waals surface area contributed by atoms with E-state index in [0.717, 1.165) is 30.6 Å². The van der Waals surface area contributed by atoms with Crippen LogP contribution < -0.4 is 15.8 Å². The van der Waals surface area contributed by atoms with Gasteiger partial charge >= 0.3 is 0 Å². The van der Waals surface area contributed by atoms with Crippen molar-refractivity contribution in [2.45, 2.75) is 70.6 Å². The first-order valence-electron chi connectivity index (χ1n) is 10.8. The highest BCUT2D eigenvalue weighted by Crippen LogP contribution is 2.44. The summed E-state index contributed by atoms with van der Waals surface area (Å²) in [4.78, 5) is 31.4. The summed E-state index contributed by atoms with van der Waals surface area (Å²) in [5, 5.41) is 3.25. The highest BCUT2D eigenvalue weighted by atomic mass is 16.5. The van der Waals surface area contributed by atoms with Gasteiger partial charge in [0.25, 0.3) is 0 Å². The lowest BCUT2D eigenvalue weighted by Gasteiger charge is -2.39. The fourth-order valence-corrected chi connectivity index (χ4v) is 4.54. The number of benzene rings is 1. The lowest BCUT2D eigenvalue weighted by molar-refractivity contribution is -0.130. The van der Waals surface area contributed by atoms with E-state index >= 15 is 0 Å². The minimum Gasteiger partial charge on any atom is -0.487 e. The molecular formula is C23H32N4O3. The van der Waals surface area contributed by atoms with Crippen molar-refractivity contribution in [1.82, 2.24) is 10.2 Å². The van der Waals surface area contributed by atoms with E-state index in [1.807, 2.05) is 38.1 Å². The number of para-hydroxylation sites is 1. The molecule has 4 rings (SSSR count). The summed E-state index contributed by atoms with van der Waals surface area (Å²) in [5.41, 5.74) is 6.30. The highest BCUT2D eigenvalue weighted by Gasteiger charge is 2.47. The Bertz CT molecular complexity index is 896. The first-order chi connectivity index (χ1) is 14.1. The maximum atomic E-state index is 13.0. The molecule has 30 heavy (non-hydrogen) atoms. The number of fused-ring (bicyclic) bond motifs is 1. The van der Waals surface area contributed by atoms with Gasteiger partial charge in [0.15, 0.2) is 5.96 Å². The van der Waals surface area contributed by atoms with E-state index in [0.29, 0.717) is 13.0 Å². The van der Waals surface area contributed by atoms with E-state index in [1.54, 1.807) is 4.90 Å². The minimum absolute atomic E-state index is 0.0179. The number of hydrogen-bond acceptors (Lipinski definition) is 5. The molecule has 3 N–H and O–H groups in total. The molecule has 1 aliphatic carbocycles. The summed E-state index contributed by atoms with van der Waals surface area (Å²) in [6.07, 6.45) is 2.71. The molecule has 1 aromatic rings. The molecule has 0 radical (unpaired) electrons. The topological polar surface area (TPSA) is 97.0 Å². The van der Waals surface area contributed by atoms with Crippen LogP contribution in [0.25, 0.3) is 0 Å². The molecule has 4 atom stereocenters. The second-order valence-corrected chi connectivity index (χ2v) is 9.77. The second-order valence-electron chi connectivity index (χ2n) is 9.77. The van der Waals surface area contributed by atoms with E-state index in [4.69, 9.17) is 10.5 Å². The Labute approximate surface area is 178 Å². The molecule has 0 spiro atoms. The molecule has 2 aliphatic heterocycles. The van der Waals surface area contributed by atoms with Crippen LogP contribution in [-0.2, 0) is 9.59 Å². The molecule has 3 aliphatic rings. The summed E-state index contributed by atoms with van der Waals surface area (Å²) in [6.45, 7) is 8.45. The van der Waals surface area contributed by atoms with Crippen molar-refractivity contribution in [1.29, 1.82) is 0 Å². The summed E-state index contributed by atoms with van der Waals surface area (Å²) in [5.74, 6) is 1.16. The number of carbonyl (C=O) groups is 2. The summed E-state index contributed by atoms with van der Waals surface area (Å²) >= 11 is 0. The zero-order valence-electron chi connectivity index (χ0n) is 18.3. The van der Waals surface area contributed by atoms with Crippen molar-refractivity contribution in [3.8, 4) is 5.75 Å². The molecule has 1 saturated carbocycles. The third-order valence-electron chi connectivity index (χ3n) is 6.61. The van der Waals surface area contributed by atoms with Gasteiger partial charge in [-0.1, -0.05) is 25.1 Å². The molecule has 162 valence electrons. The number of nitrogens with one attached hydrogen (secondary N) is 1. The van der Waals surface area contributed by atoms with Gasteiger partial charge in [0, 0.05) is 24.4 Å². The van der Waals surface area contributed by atoms with Gasteiger partial charge in [-0.15, -0.1) is 0 Å². The molecule has 1 aromatic carbocycles. The van der Waals surface area contributed by atoms with E-state index in [2.05, 4.69) is 24.2 Å². The molecule has 0 saturated heterocycles. The Hall–Kier alpha value is -2.57. The molecule has 7 heteroatoms. The van der Waals surface area contributed by atoms with Crippen molar-refractivity contribution < 1.29 is 14.3 Å². The smallest absolute Gasteiger partial charge is 0.231 e. The van der Waals surface area contributed by atoms with Crippen LogP contribution in [0.15, 0.2) is 29.3 Å². The van der Waals surface area contributed by atoms with Gasteiger partial charge < -0.3 is 15.8 Å². The second kappa shape index (κ2) is 7.29. The average molecular weight is 413 g/mol.